The zero-order valence-electron chi connectivity index (χ0n) is 35.7. The van der Waals surface area contributed by atoms with Gasteiger partial charge in [0, 0.05) is 27.4 Å². The van der Waals surface area contributed by atoms with Gasteiger partial charge in [-0.15, -0.1) is 0 Å². The third-order valence-corrected chi connectivity index (χ3v) is 14.2. The Morgan fingerprint density at radius 3 is 1.88 bits per heavy atom. The molecule has 0 spiro atoms. The van der Waals surface area contributed by atoms with Crippen LogP contribution in [0.2, 0.25) is 0 Å². The summed E-state index contributed by atoms with van der Waals surface area (Å²) >= 11 is 0. The van der Waals surface area contributed by atoms with E-state index >= 15 is 0 Å². The molecule has 13 rings (SSSR count). The summed E-state index contributed by atoms with van der Waals surface area (Å²) in [6.45, 7) is 4.75. The van der Waals surface area contributed by atoms with Crippen LogP contribution in [0.1, 0.15) is 53.9 Å². The highest BCUT2D eigenvalue weighted by Gasteiger charge is 2.38. The second-order valence-electron chi connectivity index (χ2n) is 18.0. The van der Waals surface area contributed by atoms with Crippen molar-refractivity contribution in [2.45, 2.75) is 31.5 Å². The van der Waals surface area contributed by atoms with Gasteiger partial charge in [0.1, 0.15) is 17.3 Å². The van der Waals surface area contributed by atoms with Crippen molar-refractivity contribution in [3.63, 3.8) is 0 Å². The molecule has 1 aliphatic carbocycles. The van der Waals surface area contributed by atoms with E-state index in [0.717, 1.165) is 27.6 Å². The lowest BCUT2D eigenvalue weighted by molar-refractivity contribution is 0.444. The zero-order valence-corrected chi connectivity index (χ0v) is 35.7. The van der Waals surface area contributed by atoms with Crippen LogP contribution in [0.3, 0.4) is 0 Å². The fourth-order valence-corrected chi connectivity index (χ4v) is 11.2. The maximum atomic E-state index is 6.56. The maximum Gasteiger partial charge on any atom is 0.136 e. The predicted molar refractivity (Wildman–Crippen MR) is 267 cm³/mol. The number of rotatable bonds is 5. The van der Waals surface area contributed by atoms with E-state index in [1.165, 1.54) is 93.5 Å². The van der Waals surface area contributed by atoms with Crippen LogP contribution < -0.4 is 10.6 Å². The molecule has 3 heteroatoms. The van der Waals surface area contributed by atoms with E-state index in [0.29, 0.717) is 0 Å². The lowest BCUT2D eigenvalue weighted by Gasteiger charge is -2.34. The van der Waals surface area contributed by atoms with Gasteiger partial charge in [-0.05, 0) is 112 Å². The summed E-state index contributed by atoms with van der Waals surface area (Å²) in [7, 11) is 0. The van der Waals surface area contributed by atoms with Crippen molar-refractivity contribution >= 4 is 60.0 Å². The summed E-state index contributed by atoms with van der Waals surface area (Å²) in [5.41, 5.74) is 16.7. The second kappa shape index (κ2) is 14.2. The normalized spacial score (nSPS) is 16.6. The molecule has 1 aromatic heterocycles. The van der Waals surface area contributed by atoms with E-state index in [1.54, 1.807) is 0 Å². The maximum absolute atomic E-state index is 6.56. The topological polar surface area (TPSA) is 37.2 Å². The Morgan fingerprint density at radius 1 is 0.438 bits per heavy atom. The van der Waals surface area contributed by atoms with Crippen LogP contribution in [-0.2, 0) is 5.41 Å². The van der Waals surface area contributed by atoms with Gasteiger partial charge >= 0.3 is 0 Å². The molecule has 2 N–H and O–H groups in total. The van der Waals surface area contributed by atoms with Crippen LogP contribution >= 0.6 is 0 Å². The van der Waals surface area contributed by atoms with Gasteiger partial charge < -0.3 is 9.73 Å². The lowest BCUT2D eigenvalue weighted by Crippen LogP contribution is -2.39. The van der Waals surface area contributed by atoms with Crippen LogP contribution in [0.25, 0.3) is 93.3 Å². The molecule has 0 saturated heterocycles. The van der Waals surface area contributed by atoms with Crippen LogP contribution in [0.15, 0.2) is 211 Å². The van der Waals surface area contributed by atoms with Crippen molar-refractivity contribution in [3.8, 4) is 33.4 Å². The van der Waals surface area contributed by atoms with Gasteiger partial charge in [-0.3, -0.25) is 5.32 Å². The van der Waals surface area contributed by atoms with E-state index < -0.39 is 0 Å². The molecule has 2 aliphatic rings. The quantitative estimate of drug-likeness (QED) is 0.182. The second-order valence-corrected chi connectivity index (χ2v) is 18.0. The minimum Gasteiger partial charge on any atom is -0.456 e. The first-order valence-corrected chi connectivity index (χ1v) is 22.4. The van der Waals surface area contributed by atoms with Gasteiger partial charge in [-0.1, -0.05) is 196 Å². The van der Waals surface area contributed by atoms with Gasteiger partial charge in [0.05, 0.1) is 6.04 Å². The SMILES string of the molecule is CC1(C)c2ccccc2-c2c1cc(C1=CC(c3ccc(-c4ccccc4-c4cccc5oc6ccc7ccccc7c6c45)c4ccccc34)NC(c3ccccc3)N1)c1ccccc21. The summed E-state index contributed by atoms with van der Waals surface area (Å²) in [5.74, 6) is 0. The molecule has 2 unspecified atom stereocenters. The lowest BCUT2D eigenvalue weighted by atomic mass is 9.80. The monoisotopic (exact) mass is 820 g/mol. The van der Waals surface area contributed by atoms with Crippen molar-refractivity contribution < 1.29 is 4.42 Å². The van der Waals surface area contributed by atoms with Gasteiger partial charge in [-0.2, -0.15) is 0 Å². The Hall–Kier alpha value is -7.72. The molecule has 10 aromatic carbocycles. The molecule has 0 radical (unpaired) electrons. The third-order valence-electron chi connectivity index (χ3n) is 14.2. The Morgan fingerprint density at radius 2 is 1.06 bits per heavy atom. The molecule has 304 valence electrons. The molecule has 0 amide bonds. The molecular formula is C61H44N2O. The Balaban J connectivity index is 0.992. The molecule has 0 fully saturated rings. The van der Waals surface area contributed by atoms with Crippen molar-refractivity contribution in [2.24, 2.45) is 0 Å². The smallest absolute Gasteiger partial charge is 0.136 e. The number of hydrogen-bond acceptors (Lipinski definition) is 3. The number of nitrogens with one attached hydrogen (secondary N) is 2. The van der Waals surface area contributed by atoms with Crippen LogP contribution in [-0.4, -0.2) is 0 Å². The summed E-state index contributed by atoms with van der Waals surface area (Å²) in [5, 5.41) is 17.8. The van der Waals surface area contributed by atoms with Gasteiger partial charge in [-0.25, -0.2) is 0 Å². The van der Waals surface area contributed by atoms with Crippen LogP contribution in [0, 0.1) is 0 Å². The average molecular weight is 821 g/mol. The first-order chi connectivity index (χ1) is 31.5. The fourth-order valence-electron chi connectivity index (χ4n) is 11.2. The van der Waals surface area contributed by atoms with Crippen molar-refractivity contribution in [3.05, 3.63) is 234 Å². The largest absolute Gasteiger partial charge is 0.456 e. The molecule has 0 bridgehead atoms. The highest BCUT2D eigenvalue weighted by atomic mass is 16.3. The molecular weight excluding hydrogens is 777 g/mol. The average Bonchev–Trinajstić information content (AvgIpc) is 3.86. The van der Waals surface area contributed by atoms with E-state index in [2.05, 4.69) is 231 Å². The van der Waals surface area contributed by atoms with Crippen LogP contribution in [0.4, 0.5) is 0 Å². The number of hydrogen-bond donors (Lipinski definition) is 2. The Kier molecular flexibility index (Phi) is 8.16. The van der Waals surface area contributed by atoms with E-state index in [1.807, 2.05) is 0 Å². The molecule has 64 heavy (non-hydrogen) atoms. The third kappa shape index (κ3) is 5.51. The fraction of sp³-hybridized carbons (Fsp3) is 0.0820. The summed E-state index contributed by atoms with van der Waals surface area (Å²) in [4.78, 5) is 0. The van der Waals surface area contributed by atoms with Gasteiger partial charge in [0.25, 0.3) is 0 Å². The van der Waals surface area contributed by atoms with Gasteiger partial charge in [0.2, 0.25) is 0 Å². The molecule has 3 nitrogen and oxygen atoms in total. The van der Waals surface area contributed by atoms with Crippen molar-refractivity contribution in [2.75, 3.05) is 0 Å². The highest BCUT2D eigenvalue weighted by molar-refractivity contribution is 6.23. The van der Waals surface area contributed by atoms with Crippen molar-refractivity contribution in [1.82, 2.24) is 10.6 Å². The number of furan rings is 1. The van der Waals surface area contributed by atoms with Crippen LogP contribution in [0.5, 0.6) is 0 Å². The molecule has 2 atom stereocenters. The summed E-state index contributed by atoms with van der Waals surface area (Å²) in [6, 6.07) is 73.0. The number of fused-ring (bicyclic) bond motifs is 11. The van der Waals surface area contributed by atoms with E-state index in [9.17, 15) is 0 Å². The predicted octanol–water partition coefficient (Wildman–Crippen LogP) is 15.7. The molecule has 11 aromatic rings. The van der Waals surface area contributed by atoms with E-state index in [-0.39, 0.29) is 17.6 Å². The summed E-state index contributed by atoms with van der Waals surface area (Å²) < 4.78 is 6.56. The molecule has 0 saturated carbocycles. The van der Waals surface area contributed by atoms with Gasteiger partial charge in [0.15, 0.2) is 0 Å². The number of benzene rings is 10. The minimum absolute atomic E-state index is 0.0906. The standard InChI is InChI=1S/C61H44N2O/c1-61(2)51-29-15-14-27-49(51)57-47-26-13-12-25-44(47)50(35-52(57)61)54-36-53(62-60(63-54)38-18-4-3-5-19-38)46-33-32-45(40-21-8-10-23-42(40)46)41-22-9-11-24-43(41)48-28-16-30-55-59(48)58-39-20-7-6-17-37(39)31-34-56(58)64-55/h3-36,53,60,62-63H,1-2H3. The first kappa shape index (κ1) is 36.9. The van der Waals surface area contributed by atoms with Crippen molar-refractivity contribution in [1.29, 1.82) is 0 Å². The van der Waals surface area contributed by atoms with E-state index in [4.69, 9.17) is 4.42 Å². The minimum atomic E-state index is -0.136. The zero-order chi connectivity index (χ0) is 42.5. The molecule has 2 heterocycles. The Labute approximate surface area is 372 Å². The molecule has 1 aliphatic heterocycles. The Bertz CT molecular complexity index is 3720. The first-order valence-electron chi connectivity index (χ1n) is 22.4. The highest BCUT2D eigenvalue weighted by Crippen LogP contribution is 2.53. The summed E-state index contributed by atoms with van der Waals surface area (Å²) in [6.07, 6.45) is 2.30.